The number of hydrogen-bond acceptors (Lipinski definition) is 3. The van der Waals surface area contributed by atoms with Gasteiger partial charge in [-0.05, 0) is 42.5 Å². The molecule has 0 aliphatic rings. The molecule has 2 aromatic rings. The van der Waals surface area contributed by atoms with Gasteiger partial charge in [0.1, 0.15) is 5.75 Å². The van der Waals surface area contributed by atoms with Crippen LogP contribution < -0.4 is 15.8 Å². The Morgan fingerprint density at radius 1 is 1.04 bits per heavy atom. The molecule has 0 bridgehead atoms. The van der Waals surface area contributed by atoms with Gasteiger partial charge in [0.25, 0.3) is 11.8 Å². The molecule has 0 fully saturated rings. The maximum atomic E-state index is 12.1. The summed E-state index contributed by atoms with van der Waals surface area (Å²) in [6, 6.07) is 14.7. The standard InChI is InChI=1S/C21H26N2O3/c1-14(2)12-16-8-10-17(11-9-16)15(3)23-20(24)13-26-19-7-5-4-6-18(19)21(22)25/h4-11,14-15H,12-13H2,1-3H3,(H2,22,25)(H,23,24)/t15-/m1/s1. The highest BCUT2D eigenvalue weighted by molar-refractivity contribution is 5.95. The van der Waals surface area contributed by atoms with E-state index >= 15 is 0 Å². The minimum absolute atomic E-state index is 0.134. The number of carbonyl (C=O) groups is 2. The van der Waals surface area contributed by atoms with Crippen LogP contribution in [0.15, 0.2) is 48.5 Å². The summed E-state index contributed by atoms with van der Waals surface area (Å²) in [7, 11) is 0. The minimum Gasteiger partial charge on any atom is -0.483 e. The summed E-state index contributed by atoms with van der Waals surface area (Å²) in [6.45, 7) is 6.12. The van der Waals surface area contributed by atoms with Gasteiger partial charge in [0.15, 0.2) is 6.61 Å². The van der Waals surface area contributed by atoms with Crippen molar-refractivity contribution < 1.29 is 14.3 Å². The highest BCUT2D eigenvalue weighted by atomic mass is 16.5. The molecule has 0 saturated carbocycles. The van der Waals surface area contributed by atoms with Crippen molar-refractivity contribution in [2.45, 2.75) is 33.2 Å². The number of nitrogens with two attached hydrogens (primary N) is 1. The SMILES string of the molecule is CC(C)Cc1ccc([C@@H](C)NC(=O)COc2ccccc2C(N)=O)cc1. The van der Waals surface area contributed by atoms with Gasteiger partial charge in [0.05, 0.1) is 11.6 Å². The minimum atomic E-state index is -0.587. The van der Waals surface area contributed by atoms with Crippen LogP contribution in [0.4, 0.5) is 0 Å². The Hall–Kier alpha value is -2.82. The molecule has 3 N–H and O–H groups in total. The van der Waals surface area contributed by atoms with Crippen LogP contribution in [0.1, 0.15) is 48.3 Å². The number of hydrogen-bond donors (Lipinski definition) is 2. The zero-order chi connectivity index (χ0) is 19.1. The second-order valence-corrected chi connectivity index (χ2v) is 6.78. The summed E-state index contributed by atoms with van der Waals surface area (Å²) >= 11 is 0. The molecule has 0 heterocycles. The summed E-state index contributed by atoms with van der Waals surface area (Å²) in [6.07, 6.45) is 1.04. The van der Waals surface area contributed by atoms with Gasteiger partial charge in [-0.3, -0.25) is 9.59 Å². The number of carbonyl (C=O) groups excluding carboxylic acids is 2. The molecule has 2 amide bonds. The summed E-state index contributed by atoms with van der Waals surface area (Å²) in [5, 5.41) is 2.90. The van der Waals surface area contributed by atoms with Crippen molar-refractivity contribution in [3.05, 3.63) is 65.2 Å². The molecule has 2 aromatic carbocycles. The molecule has 5 heteroatoms. The van der Waals surface area contributed by atoms with E-state index < -0.39 is 5.91 Å². The lowest BCUT2D eigenvalue weighted by molar-refractivity contribution is -0.123. The summed E-state index contributed by atoms with van der Waals surface area (Å²) in [5.74, 6) is 0.0677. The fraction of sp³-hybridized carbons (Fsp3) is 0.333. The van der Waals surface area contributed by atoms with Crippen LogP contribution >= 0.6 is 0 Å². The van der Waals surface area contributed by atoms with Gasteiger partial charge in [0.2, 0.25) is 0 Å². The molecule has 0 aliphatic heterocycles. The van der Waals surface area contributed by atoms with Gasteiger partial charge in [-0.1, -0.05) is 50.2 Å². The van der Waals surface area contributed by atoms with Crippen molar-refractivity contribution in [3.63, 3.8) is 0 Å². The van der Waals surface area contributed by atoms with Crippen molar-refractivity contribution in [2.24, 2.45) is 11.7 Å². The Bertz CT molecular complexity index is 754. The third-order valence-electron chi connectivity index (χ3n) is 4.01. The first-order valence-corrected chi connectivity index (χ1v) is 8.76. The molecule has 0 spiro atoms. The Morgan fingerprint density at radius 2 is 1.69 bits per heavy atom. The Kier molecular flexibility index (Phi) is 6.78. The van der Waals surface area contributed by atoms with Crippen LogP contribution in [0, 0.1) is 5.92 Å². The van der Waals surface area contributed by atoms with E-state index in [4.69, 9.17) is 10.5 Å². The fourth-order valence-corrected chi connectivity index (χ4v) is 2.72. The lowest BCUT2D eigenvalue weighted by atomic mass is 10.00. The quantitative estimate of drug-likeness (QED) is 0.763. The zero-order valence-corrected chi connectivity index (χ0v) is 15.5. The average molecular weight is 354 g/mol. The van der Waals surface area contributed by atoms with Crippen molar-refractivity contribution >= 4 is 11.8 Å². The molecule has 0 saturated heterocycles. The zero-order valence-electron chi connectivity index (χ0n) is 15.5. The van der Waals surface area contributed by atoms with Crippen molar-refractivity contribution in [1.29, 1.82) is 0 Å². The molecule has 0 aliphatic carbocycles. The van der Waals surface area contributed by atoms with E-state index in [9.17, 15) is 9.59 Å². The van der Waals surface area contributed by atoms with Gasteiger partial charge >= 0.3 is 0 Å². The molecular formula is C21H26N2O3. The maximum absolute atomic E-state index is 12.1. The predicted molar refractivity (Wildman–Crippen MR) is 102 cm³/mol. The van der Waals surface area contributed by atoms with E-state index in [1.54, 1.807) is 24.3 Å². The molecule has 0 unspecified atom stereocenters. The van der Waals surface area contributed by atoms with Crippen molar-refractivity contribution in [1.82, 2.24) is 5.32 Å². The molecule has 138 valence electrons. The normalized spacial score (nSPS) is 11.8. The molecule has 2 rings (SSSR count). The van der Waals surface area contributed by atoms with Crippen LogP contribution in [0.2, 0.25) is 0 Å². The molecule has 0 aromatic heterocycles. The highest BCUT2D eigenvalue weighted by Gasteiger charge is 2.13. The summed E-state index contributed by atoms with van der Waals surface area (Å²) in [5.41, 5.74) is 7.88. The van der Waals surface area contributed by atoms with Gasteiger partial charge in [-0.25, -0.2) is 0 Å². The molecule has 5 nitrogen and oxygen atoms in total. The second-order valence-electron chi connectivity index (χ2n) is 6.78. The van der Waals surface area contributed by atoms with E-state index in [1.807, 2.05) is 19.1 Å². The largest absolute Gasteiger partial charge is 0.483 e. The number of para-hydroxylation sites is 1. The van der Waals surface area contributed by atoms with Gasteiger partial charge < -0.3 is 15.8 Å². The van der Waals surface area contributed by atoms with Crippen LogP contribution in [-0.4, -0.2) is 18.4 Å². The number of rotatable bonds is 8. The van der Waals surface area contributed by atoms with Gasteiger partial charge in [-0.2, -0.15) is 0 Å². The number of nitrogens with one attached hydrogen (secondary N) is 1. The fourth-order valence-electron chi connectivity index (χ4n) is 2.72. The first-order valence-electron chi connectivity index (χ1n) is 8.76. The third kappa shape index (κ3) is 5.62. The Morgan fingerprint density at radius 3 is 2.31 bits per heavy atom. The highest BCUT2D eigenvalue weighted by Crippen LogP contribution is 2.18. The average Bonchev–Trinajstić information content (AvgIpc) is 2.60. The number of amides is 2. The van der Waals surface area contributed by atoms with Crippen molar-refractivity contribution in [3.8, 4) is 5.75 Å². The molecule has 1 atom stereocenters. The van der Waals surface area contributed by atoms with Gasteiger partial charge in [0, 0.05) is 0 Å². The smallest absolute Gasteiger partial charge is 0.258 e. The monoisotopic (exact) mass is 354 g/mol. The molecular weight excluding hydrogens is 328 g/mol. The van der Waals surface area contributed by atoms with E-state index in [-0.39, 0.29) is 24.1 Å². The number of benzene rings is 2. The summed E-state index contributed by atoms with van der Waals surface area (Å²) < 4.78 is 5.45. The van der Waals surface area contributed by atoms with E-state index in [0.29, 0.717) is 11.7 Å². The second kappa shape index (κ2) is 9.04. The van der Waals surface area contributed by atoms with Crippen LogP contribution in [0.5, 0.6) is 5.75 Å². The molecule has 26 heavy (non-hydrogen) atoms. The van der Waals surface area contributed by atoms with E-state index in [2.05, 4.69) is 31.3 Å². The Balaban J connectivity index is 1.90. The molecule has 0 radical (unpaired) electrons. The lowest BCUT2D eigenvalue weighted by Crippen LogP contribution is -2.31. The topological polar surface area (TPSA) is 81.4 Å². The first-order chi connectivity index (χ1) is 12.4. The predicted octanol–water partition coefficient (Wildman–Crippen LogP) is 3.24. The van der Waals surface area contributed by atoms with E-state index in [0.717, 1.165) is 12.0 Å². The van der Waals surface area contributed by atoms with Crippen molar-refractivity contribution in [2.75, 3.05) is 6.61 Å². The number of primary amides is 1. The lowest BCUT2D eigenvalue weighted by Gasteiger charge is -2.16. The maximum Gasteiger partial charge on any atom is 0.258 e. The van der Waals surface area contributed by atoms with Gasteiger partial charge in [-0.15, -0.1) is 0 Å². The summed E-state index contributed by atoms with van der Waals surface area (Å²) in [4.78, 5) is 23.5. The first kappa shape index (κ1) is 19.5. The van der Waals surface area contributed by atoms with Crippen LogP contribution in [-0.2, 0) is 11.2 Å². The Labute approximate surface area is 154 Å². The third-order valence-corrected chi connectivity index (χ3v) is 4.01. The van der Waals surface area contributed by atoms with E-state index in [1.165, 1.54) is 5.56 Å². The number of ether oxygens (including phenoxy) is 1. The van der Waals surface area contributed by atoms with Crippen LogP contribution in [0.3, 0.4) is 0 Å². The van der Waals surface area contributed by atoms with Crippen LogP contribution in [0.25, 0.3) is 0 Å².